The van der Waals surface area contributed by atoms with Crippen LogP contribution in [0.3, 0.4) is 0 Å². The van der Waals surface area contributed by atoms with Crippen LogP contribution in [0, 0.1) is 5.92 Å². The van der Waals surface area contributed by atoms with Gasteiger partial charge in [0, 0.05) is 19.8 Å². The van der Waals surface area contributed by atoms with E-state index in [0.717, 1.165) is 32.5 Å². The first-order chi connectivity index (χ1) is 7.64. The van der Waals surface area contributed by atoms with Gasteiger partial charge in [0.15, 0.2) is 0 Å². The van der Waals surface area contributed by atoms with E-state index < -0.39 is 10.0 Å². The molecule has 0 spiro atoms. The summed E-state index contributed by atoms with van der Waals surface area (Å²) >= 11 is 0. The smallest absolute Gasteiger partial charge is 0.211 e. The Bertz CT molecular complexity index is 274. The maximum atomic E-state index is 11.5. The van der Waals surface area contributed by atoms with Crippen LogP contribution in [-0.2, 0) is 14.8 Å². The van der Waals surface area contributed by atoms with Crippen molar-refractivity contribution in [3.05, 3.63) is 0 Å². The van der Waals surface area contributed by atoms with Gasteiger partial charge < -0.3 is 10.5 Å². The van der Waals surface area contributed by atoms with Crippen molar-refractivity contribution in [3.63, 3.8) is 0 Å². The number of sulfonamides is 1. The van der Waals surface area contributed by atoms with Crippen molar-refractivity contribution < 1.29 is 13.2 Å². The third-order valence-corrected chi connectivity index (χ3v) is 4.24. The zero-order valence-corrected chi connectivity index (χ0v) is 10.5. The fourth-order valence-corrected chi connectivity index (χ4v) is 2.90. The lowest BCUT2D eigenvalue weighted by Gasteiger charge is -2.09. The van der Waals surface area contributed by atoms with Crippen molar-refractivity contribution in [1.29, 1.82) is 0 Å². The number of rotatable bonds is 8. The quantitative estimate of drug-likeness (QED) is 0.597. The molecule has 6 heteroatoms. The molecule has 1 rings (SSSR count). The zero-order valence-electron chi connectivity index (χ0n) is 9.65. The van der Waals surface area contributed by atoms with E-state index >= 15 is 0 Å². The Morgan fingerprint density at radius 2 is 2.19 bits per heavy atom. The van der Waals surface area contributed by atoms with E-state index in [1.165, 1.54) is 0 Å². The Labute approximate surface area is 97.8 Å². The van der Waals surface area contributed by atoms with Crippen molar-refractivity contribution >= 4 is 10.0 Å². The minimum atomic E-state index is -3.09. The predicted molar refractivity (Wildman–Crippen MR) is 63.6 cm³/mol. The number of ether oxygens (including phenoxy) is 1. The molecule has 0 aromatic heterocycles. The molecule has 3 N–H and O–H groups in total. The summed E-state index contributed by atoms with van der Waals surface area (Å²) in [6.07, 6.45) is 3.32. The van der Waals surface area contributed by atoms with Crippen LogP contribution in [0.2, 0.25) is 0 Å². The molecule has 0 saturated carbocycles. The summed E-state index contributed by atoms with van der Waals surface area (Å²) in [6, 6.07) is 0. The number of nitrogens with one attached hydrogen (secondary N) is 1. The number of hydrogen-bond acceptors (Lipinski definition) is 4. The highest BCUT2D eigenvalue weighted by molar-refractivity contribution is 7.89. The van der Waals surface area contributed by atoms with Gasteiger partial charge in [0.25, 0.3) is 0 Å². The summed E-state index contributed by atoms with van der Waals surface area (Å²) in [5, 5.41) is 0. The van der Waals surface area contributed by atoms with E-state index in [1.54, 1.807) is 0 Å². The molecule has 0 aliphatic carbocycles. The minimum absolute atomic E-state index is 0.186. The van der Waals surface area contributed by atoms with Gasteiger partial charge in [0.1, 0.15) is 0 Å². The molecule has 1 heterocycles. The van der Waals surface area contributed by atoms with E-state index in [2.05, 4.69) is 4.72 Å². The third kappa shape index (κ3) is 5.79. The first-order valence-corrected chi connectivity index (χ1v) is 7.54. The molecule has 0 aromatic carbocycles. The lowest BCUT2D eigenvalue weighted by molar-refractivity contribution is 0.184. The summed E-state index contributed by atoms with van der Waals surface area (Å²) < 4.78 is 30.8. The first-order valence-electron chi connectivity index (χ1n) is 5.89. The van der Waals surface area contributed by atoms with E-state index in [9.17, 15) is 8.42 Å². The fourth-order valence-electron chi connectivity index (χ4n) is 1.74. The van der Waals surface area contributed by atoms with Crippen molar-refractivity contribution in [2.24, 2.45) is 11.7 Å². The van der Waals surface area contributed by atoms with Gasteiger partial charge >= 0.3 is 0 Å². The molecule has 1 saturated heterocycles. The van der Waals surface area contributed by atoms with Crippen molar-refractivity contribution in [1.82, 2.24) is 4.72 Å². The molecule has 5 nitrogen and oxygen atoms in total. The zero-order chi connectivity index (χ0) is 11.9. The average Bonchev–Trinajstić information content (AvgIpc) is 2.70. The van der Waals surface area contributed by atoms with E-state index in [4.69, 9.17) is 10.5 Å². The van der Waals surface area contributed by atoms with Crippen LogP contribution in [0.4, 0.5) is 0 Å². The normalized spacial score (nSPS) is 21.4. The SMILES string of the molecule is NCCCCS(=O)(=O)NCCC1CCOC1. The van der Waals surface area contributed by atoms with E-state index in [0.29, 0.717) is 25.4 Å². The van der Waals surface area contributed by atoms with Crippen LogP contribution in [-0.4, -0.2) is 40.5 Å². The molecule has 1 unspecified atom stereocenters. The summed E-state index contributed by atoms with van der Waals surface area (Å²) in [7, 11) is -3.09. The highest BCUT2D eigenvalue weighted by atomic mass is 32.2. The molecule has 16 heavy (non-hydrogen) atoms. The highest BCUT2D eigenvalue weighted by Gasteiger charge is 2.16. The number of nitrogens with two attached hydrogens (primary N) is 1. The van der Waals surface area contributed by atoms with Gasteiger partial charge in [-0.05, 0) is 38.1 Å². The topological polar surface area (TPSA) is 81.4 Å². The largest absolute Gasteiger partial charge is 0.381 e. The average molecular weight is 250 g/mol. The van der Waals surface area contributed by atoms with Gasteiger partial charge in [-0.25, -0.2) is 13.1 Å². The Hall–Kier alpha value is -0.170. The molecule has 0 aromatic rings. The minimum Gasteiger partial charge on any atom is -0.381 e. The molecule has 96 valence electrons. The number of hydrogen-bond donors (Lipinski definition) is 2. The molecule has 1 aliphatic rings. The van der Waals surface area contributed by atoms with Crippen LogP contribution >= 0.6 is 0 Å². The molecule has 0 bridgehead atoms. The summed E-state index contributed by atoms with van der Waals surface area (Å²) in [4.78, 5) is 0. The van der Waals surface area contributed by atoms with Crippen LogP contribution < -0.4 is 10.5 Å². The first kappa shape index (κ1) is 13.9. The Balaban J connectivity index is 2.09. The third-order valence-electron chi connectivity index (χ3n) is 2.77. The Kier molecular flexibility index (Phi) is 6.26. The Morgan fingerprint density at radius 1 is 1.38 bits per heavy atom. The predicted octanol–water partition coefficient (Wildman–Crippen LogP) is 0.0713. The van der Waals surface area contributed by atoms with Gasteiger partial charge in [-0.3, -0.25) is 0 Å². The van der Waals surface area contributed by atoms with E-state index in [1.807, 2.05) is 0 Å². The summed E-state index contributed by atoms with van der Waals surface area (Å²) in [5.74, 6) is 0.706. The van der Waals surface area contributed by atoms with Crippen LogP contribution in [0.25, 0.3) is 0 Å². The highest BCUT2D eigenvalue weighted by Crippen LogP contribution is 2.15. The van der Waals surface area contributed by atoms with Crippen LogP contribution in [0.1, 0.15) is 25.7 Å². The van der Waals surface area contributed by atoms with Gasteiger partial charge in [-0.1, -0.05) is 0 Å². The van der Waals surface area contributed by atoms with Crippen molar-refractivity contribution in [2.45, 2.75) is 25.7 Å². The molecule has 0 amide bonds. The fraction of sp³-hybridized carbons (Fsp3) is 1.00. The lowest BCUT2D eigenvalue weighted by atomic mass is 10.1. The second-order valence-corrected chi connectivity index (χ2v) is 6.15. The van der Waals surface area contributed by atoms with Crippen molar-refractivity contribution in [2.75, 3.05) is 32.1 Å². The van der Waals surface area contributed by atoms with E-state index in [-0.39, 0.29) is 5.75 Å². The summed E-state index contributed by atoms with van der Waals surface area (Å²) in [6.45, 7) is 2.66. The molecule has 1 atom stereocenters. The monoisotopic (exact) mass is 250 g/mol. The lowest BCUT2D eigenvalue weighted by Crippen LogP contribution is -2.28. The maximum absolute atomic E-state index is 11.5. The number of unbranched alkanes of at least 4 members (excludes halogenated alkanes) is 1. The van der Waals surface area contributed by atoms with Gasteiger partial charge in [-0.15, -0.1) is 0 Å². The second-order valence-electron chi connectivity index (χ2n) is 4.23. The van der Waals surface area contributed by atoms with Gasteiger partial charge in [0.2, 0.25) is 10.0 Å². The molecular formula is C10H22N2O3S. The van der Waals surface area contributed by atoms with Gasteiger partial charge in [0.05, 0.1) is 5.75 Å². The molecule has 1 fully saturated rings. The molecular weight excluding hydrogens is 228 g/mol. The molecule has 1 aliphatic heterocycles. The van der Waals surface area contributed by atoms with Crippen molar-refractivity contribution in [3.8, 4) is 0 Å². The molecule has 0 radical (unpaired) electrons. The second kappa shape index (κ2) is 7.21. The Morgan fingerprint density at radius 3 is 2.81 bits per heavy atom. The van der Waals surface area contributed by atoms with Gasteiger partial charge in [-0.2, -0.15) is 0 Å². The maximum Gasteiger partial charge on any atom is 0.211 e. The summed E-state index contributed by atoms with van der Waals surface area (Å²) in [5.41, 5.74) is 5.31. The standard InChI is InChI=1S/C10H22N2O3S/c11-5-1-2-8-16(13,14)12-6-3-10-4-7-15-9-10/h10,12H,1-9,11H2. The van der Waals surface area contributed by atoms with Crippen LogP contribution in [0.15, 0.2) is 0 Å². The van der Waals surface area contributed by atoms with Crippen LogP contribution in [0.5, 0.6) is 0 Å².